The summed E-state index contributed by atoms with van der Waals surface area (Å²) in [5.74, 6) is 0.615. The molecule has 0 aliphatic carbocycles. The molecule has 0 saturated heterocycles. The second-order valence-corrected chi connectivity index (χ2v) is 4.60. The van der Waals surface area contributed by atoms with Gasteiger partial charge in [0, 0.05) is 5.56 Å². The Morgan fingerprint density at radius 3 is 2.55 bits per heavy atom. The maximum atomic E-state index is 11.5. The molecule has 0 aliphatic heterocycles. The van der Waals surface area contributed by atoms with Gasteiger partial charge in [-0.3, -0.25) is 0 Å². The lowest BCUT2D eigenvalue weighted by atomic mass is 10.2. The Kier molecular flexibility index (Phi) is 6.26. The summed E-state index contributed by atoms with van der Waals surface area (Å²) >= 11 is 0. The fourth-order valence-corrected chi connectivity index (χ4v) is 1.86. The monoisotopic (exact) mass is 301 g/mol. The van der Waals surface area contributed by atoms with Crippen LogP contribution in [0.25, 0.3) is 0 Å². The Labute approximate surface area is 129 Å². The van der Waals surface area contributed by atoms with Crippen molar-refractivity contribution in [2.24, 2.45) is 0 Å². The number of rotatable bonds is 7. The summed E-state index contributed by atoms with van der Waals surface area (Å²) in [6, 6.07) is 16.7. The van der Waals surface area contributed by atoms with Crippen LogP contribution in [0.2, 0.25) is 0 Å². The Balaban J connectivity index is 1.65. The molecule has 5 nitrogen and oxygen atoms in total. The number of nitrogens with one attached hydrogen (secondary N) is 1. The quantitative estimate of drug-likeness (QED) is 0.771. The number of carbonyl (C=O) groups excluding carboxylic acids is 1. The van der Waals surface area contributed by atoms with E-state index in [0.717, 1.165) is 5.56 Å². The zero-order chi connectivity index (χ0) is 15.6. The molecule has 2 aromatic rings. The molecule has 0 atom stereocenters. The molecular weight excluding hydrogens is 282 g/mol. The van der Waals surface area contributed by atoms with Crippen molar-refractivity contribution in [1.29, 1.82) is 0 Å². The van der Waals surface area contributed by atoms with E-state index >= 15 is 0 Å². The Morgan fingerprint density at radius 2 is 1.77 bits per heavy atom. The Morgan fingerprint density at radius 1 is 1.05 bits per heavy atom. The second kappa shape index (κ2) is 8.69. The average molecular weight is 301 g/mol. The third kappa shape index (κ3) is 5.10. The molecular formula is C17H19NO4. The molecule has 116 valence electrons. The summed E-state index contributed by atoms with van der Waals surface area (Å²) in [4.78, 5) is 11.5. The normalized spacial score (nSPS) is 10.0. The maximum absolute atomic E-state index is 11.5. The summed E-state index contributed by atoms with van der Waals surface area (Å²) in [6.07, 6.45) is -0.483. The first-order valence-corrected chi connectivity index (χ1v) is 7.05. The number of alkyl carbamates (subject to hydrolysis) is 1. The highest BCUT2D eigenvalue weighted by molar-refractivity contribution is 5.67. The van der Waals surface area contributed by atoms with Gasteiger partial charge >= 0.3 is 6.09 Å². The molecule has 0 radical (unpaired) electrons. The molecule has 22 heavy (non-hydrogen) atoms. The van der Waals surface area contributed by atoms with Gasteiger partial charge < -0.3 is 19.9 Å². The lowest BCUT2D eigenvalue weighted by Gasteiger charge is -2.10. The molecule has 0 heterocycles. The number of ether oxygens (including phenoxy) is 2. The number of hydrogen-bond acceptors (Lipinski definition) is 4. The summed E-state index contributed by atoms with van der Waals surface area (Å²) < 4.78 is 10.6. The number of benzene rings is 2. The molecule has 0 bridgehead atoms. The molecule has 2 N–H and O–H groups in total. The number of amides is 1. The second-order valence-electron chi connectivity index (χ2n) is 4.60. The first kappa shape index (κ1) is 15.9. The maximum Gasteiger partial charge on any atom is 0.407 e. The van der Waals surface area contributed by atoms with Crippen molar-refractivity contribution in [3.05, 3.63) is 65.7 Å². The van der Waals surface area contributed by atoms with Crippen LogP contribution in [0.15, 0.2) is 54.6 Å². The smallest absolute Gasteiger partial charge is 0.407 e. The van der Waals surface area contributed by atoms with Gasteiger partial charge in [-0.2, -0.15) is 0 Å². The first-order chi connectivity index (χ1) is 10.8. The van der Waals surface area contributed by atoms with E-state index in [2.05, 4.69) is 5.32 Å². The lowest BCUT2D eigenvalue weighted by molar-refractivity contribution is 0.137. The van der Waals surface area contributed by atoms with Gasteiger partial charge in [-0.05, 0) is 11.6 Å². The fourth-order valence-electron chi connectivity index (χ4n) is 1.86. The van der Waals surface area contributed by atoms with Crippen LogP contribution >= 0.6 is 0 Å². The van der Waals surface area contributed by atoms with Crippen molar-refractivity contribution in [1.82, 2.24) is 5.32 Å². The van der Waals surface area contributed by atoms with Crippen LogP contribution in [0.4, 0.5) is 4.79 Å². The van der Waals surface area contributed by atoms with Crippen molar-refractivity contribution in [3.63, 3.8) is 0 Å². The van der Waals surface area contributed by atoms with Crippen LogP contribution in [0.5, 0.6) is 5.75 Å². The van der Waals surface area contributed by atoms with Gasteiger partial charge in [0.25, 0.3) is 0 Å². The van der Waals surface area contributed by atoms with Crippen molar-refractivity contribution in [2.45, 2.75) is 13.2 Å². The molecule has 0 unspecified atom stereocenters. The van der Waals surface area contributed by atoms with E-state index in [9.17, 15) is 9.90 Å². The van der Waals surface area contributed by atoms with Crippen molar-refractivity contribution in [3.8, 4) is 5.75 Å². The molecule has 0 aromatic heterocycles. The van der Waals surface area contributed by atoms with E-state index in [4.69, 9.17) is 9.47 Å². The van der Waals surface area contributed by atoms with E-state index in [-0.39, 0.29) is 13.2 Å². The van der Waals surface area contributed by atoms with Crippen molar-refractivity contribution < 1.29 is 19.4 Å². The summed E-state index contributed by atoms with van der Waals surface area (Å²) in [5.41, 5.74) is 1.65. The van der Waals surface area contributed by atoms with E-state index < -0.39 is 6.09 Å². The number of hydrogen-bond donors (Lipinski definition) is 2. The predicted octanol–water partition coefficient (Wildman–Crippen LogP) is 2.48. The number of aliphatic hydroxyl groups is 1. The number of aliphatic hydroxyl groups excluding tert-OH is 1. The standard InChI is InChI=1S/C17H19NO4/c19-12-15-8-4-5-9-16(15)21-11-10-18-17(20)22-13-14-6-2-1-3-7-14/h1-9,19H,10-13H2,(H,18,20). The van der Waals surface area contributed by atoms with Crippen LogP contribution in [0.3, 0.4) is 0 Å². The van der Waals surface area contributed by atoms with Gasteiger partial charge in [-0.15, -0.1) is 0 Å². The molecule has 0 saturated carbocycles. The highest BCUT2D eigenvalue weighted by Gasteiger charge is 2.04. The van der Waals surface area contributed by atoms with Crippen LogP contribution in [-0.2, 0) is 18.0 Å². The minimum atomic E-state index is -0.483. The van der Waals surface area contributed by atoms with Gasteiger partial charge in [0.2, 0.25) is 0 Å². The molecule has 0 aliphatic rings. The molecule has 2 aromatic carbocycles. The number of para-hydroxylation sites is 1. The fraction of sp³-hybridized carbons (Fsp3) is 0.235. The van der Waals surface area contributed by atoms with Gasteiger partial charge in [0.05, 0.1) is 13.2 Å². The SMILES string of the molecule is O=C(NCCOc1ccccc1CO)OCc1ccccc1. The zero-order valence-electron chi connectivity index (χ0n) is 12.2. The minimum absolute atomic E-state index is 0.0806. The van der Waals surface area contributed by atoms with Crippen molar-refractivity contribution >= 4 is 6.09 Å². The van der Waals surface area contributed by atoms with Gasteiger partial charge in [0.15, 0.2) is 0 Å². The van der Waals surface area contributed by atoms with Crippen LogP contribution in [0, 0.1) is 0 Å². The van der Waals surface area contributed by atoms with Gasteiger partial charge in [-0.1, -0.05) is 48.5 Å². The largest absolute Gasteiger partial charge is 0.491 e. The molecule has 2 rings (SSSR count). The third-order valence-corrected chi connectivity index (χ3v) is 2.98. The molecule has 0 fully saturated rings. The number of carbonyl (C=O) groups is 1. The third-order valence-electron chi connectivity index (χ3n) is 2.98. The Hall–Kier alpha value is -2.53. The topological polar surface area (TPSA) is 67.8 Å². The highest BCUT2D eigenvalue weighted by Crippen LogP contribution is 2.17. The van der Waals surface area contributed by atoms with E-state index in [0.29, 0.717) is 24.5 Å². The van der Waals surface area contributed by atoms with E-state index in [1.165, 1.54) is 0 Å². The van der Waals surface area contributed by atoms with Gasteiger partial charge in [0.1, 0.15) is 19.0 Å². The predicted molar refractivity (Wildman–Crippen MR) is 82.5 cm³/mol. The van der Waals surface area contributed by atoms with Crippen LogP contribution in [-0.4, -0.2) is 24.4 Å². The van der Waals surface area contributed by atoms with Gasteiger partial charge in [-0.25, -0.2) is 4.79 Å². The minimum Gasteiger partial charge on any atom is -0.491 e. The molecule has 5 heteroatoms. The molecule has 1 amide bonds. The van der Waals surface area contributed by atoms with Crippen LogP contribution in [0.1, 0.15) is 11.1 Å². The zero-order valence-corrected chi connectivity index (χ0v) is 12.2. The summed E-state index contributed by atoms with van der Waals surface area (Å²) in [7, 11) is 0. The first-order valence-electron chi connectivity index (χ1n) is 7.05. The lowest BCUT2D eigenvalue weighted by Crippen LogP contribution is -2.28. The average Bonchev–Trinajstić information content (AvgIpc) is 2.58. The van der Waals surface area contributed by atoms with Crippen molar-refractivity contribution in [2.75, 3.05) is 13.2 Å². The molecule has 0 spiro atoms. The highest BCUT2D eigenvalue weighted by atomic mass is 16.5. The van der Waals surface area contributed by atoms with E-state index in [1.54, 1.807) is 12.1 Å². The van der Waals surface area contributed by atoms with E-state index in [1.807, 2.05) is 42.5 Å². The summed E-state index contributed by atoms with van der Waals surface area (Å²) in [5, 5.41) is 11.8. The summed E-state index contributed by atoms with van der Waals surface area (Å²) in [6.45, 7) is 0.786. The van der Waals surface area contributed by atoms with Crippen LogP contribution < -0.4 is 10.1 Å². The Bertz CT molecular complexity index is 586.